The van der Waals surface area contributed by atoms with Crippen molar-refractivity contribution in [2.45, 2.75) is 77.4 Å². The van der Waals surface area contributed by atoms with Gasteiger partial charge in [-0.15, -0.1) is 0 Å². The van der Waals surface area contributed by atoms with Crippen molar-refractivity contribution < 1.29 is 5.11 Å². The Bertz CT molecular complexity index is 235. The largest absolute Gasteiger partial charge is 0.389 e. The summed E-state index contributed by atoms with van der Waals surface area (Å²) in [6.07, 6.45) is 8.67. The quantitative estimate of drug-likeness (QED) is 0.677. The number of hydrogen-bond acceptors (Lipinski definition) is 3. The van der Waals surface area contributed by atoms with E-state index in [1.165, 1.54) is 38.6 Å². The minimum absolute atomic E-state index is 0.364. The van der Waals surface area contributed by atoms with Gasteiger partial charge in [0.25, 0.3) is 0 Å². The van der Waals surface area contributed by atoms with E-state index in [1.807, 2.05) is 6.92 Å². The number of nitrogens with two attached hydrogens (primary N) is 1. The summed E-state index contributed by atoms with van der Waals surface area (Å²) in [5, 5.41) is 9.98. The molecule has 19 heavy (non-hydrogen) atoms. The summed E-state index contributed by atoms with van der Waals surface area (Å²) >= 11 is 0. The zero-order valence-corrected chi connectivity index (χ0v) is 13.2. The average Bonchev–Trinajstić information content (AvgIpc) is 2.86. The SMILES string of the molecule is CC(C)CCN(CCCC(C)(O)CN)C1CCCC1. The highest BCUT2D eigenvalue weighted by molar-refractivity contribution is 4.79. The molecule has 3 nitrogen and oxygen atoms in total. The Balaban J connectivity index is 2.35. The molecule has 1 atom stereocenters. The van der Waals surface area contributed by atoms with Crippen molar-refractivity contribution in [3.63, 3.8) is 0 Å². The van der Waals surface area contributed by atoms with Gasteiger partial charge in [0.1, 0.15) is 0 Å². The van der Waals surface area contributed by atoms with E-state index >= 15 is 0 Å². The summed E-state index contributed by atoms with van der Waals surface area (Å²) < 4.78 is 0. The third-order valence-corrected chi connectivity index (χ3v) is 4.44. The van der Waals surface area contributed by atoms with Crippen molar-refractivity contribution in [3.8, 4) is 0 Å². The molecule has 0 aromatic rings. The van der Waals surface area contributed by atoms with Gasteiger partial charge in [-0.3, -0.25) is 0 Å². The van der Waals surface area contributed by atoms with Gasteiger partial charge in [-0.25, -0.2) is 0 Å². The Kier molecular flexibility index (Phi) is 7.33. The van der Waals surface area contributed by atoms with Gasteiger partial charge in [0.2, 0.25) is 0 Å². The van der Waals surface area contributed by atoms with E-state index in [4.69, 9.17) is 5.73 Å². The third-order valence-electron chi connectivity index (χ3n) is 4.44. The van der Waals surface area contributed by atoms with Crippen LogP contribution in [-0.4, -0.2) is 41.3 Å². The molecule has 0 spiro atoms. The highest BCUT2D eigenvalue weighted by atomic mass is 16.3. The van der Waals surface area contributed by atoms with Crippen LogP contribution >= 0.6 is 0 Å². The van der Waals surface area contributed by atoms with E-state index in [9.17, 15) is 5.11 Å². The first-order valence-electron chi connectivity index (χ1n) is 8.11. The maximum Gasteiger partial charge on any atom is 0.0741 e. The Morgan fingerprint density at radius 3 is 2.42 bits per heavy atom. The smallest absolute Gasteiger partial charge is 0.0741 e. The van der Waals surface area contributed by atoms with Crippen LogP contribution < -0.4 is 5.73 Å². The van der Waals surface area contributed by atoms with E-state index < -0.39 is 5.60 Å². The molecule has 0 heterocycles. The van der Waals surface area contributed by atoms with Crippen molar-refractivity contribution in [3.05, 3.63) is 0 Å². The molecule has 0 bridgehead atoms. The van der Waals surface area contributed by atoms with Crippen LogP contribution in [0.2, 0.25) is 0 Å². The van der Waals surface area contributed by atoms with Crippen molar-refractivity contribution in [2.24, 2.45) is 11.7 Å². The van der Waals surface area contributed by atoms with Gasteiger partial charge >= 0.3 is 0 Å². The molecular formula is C16H34N2O. The molecule has 1 unspecified atom stereocenters. The molecule has 0 saturated heterocycles. The molecule has 3 N–H and O–H groups in total. The topological polar surface area (TPSA) is 49.5 Å². The Morgan fingerprint density at radius 1 is 1.26 bits per heavy atom. The van der Waals surface area contributed by atoms with E-state index in [0.717, 1.165) is 31.3 Å². The standard InChI is InChI=1S/C16H34N2O/c1-14(2)9-12-18(15-7-4-5-8-15)11-6-10-16(3,19)13-17/h14-15,19H,4-13,17H2,1-3H3. The normalized spacial score (nSPS) is 20.4. The van der Waals surface area contributed by atoms with Crippen molar-refractivity contribution in [1.82, 2.24) is 4.90 Å². The summed E-state index contributed by atoms with van der Waals surface area (Å²) in [5.41, 5.74) is 4.90. The highest BCUT2D eigenvalue weighted by Gasteiger charge is 2.23. The Hall–Kier alpha value is -0.120. The Labute approximate surface area is 119 Å². The third kappa shape index (κ3) is 6.73. The van der Waals surface area contributed by atoms with Crippen molar-refractivity contribution in [2.75, 3.05) is 19.6 Å². The van der Waals surface area contributed by atoms with Crippen LogP contribution in [-0.2, 0) is 0 Å². The van der Waals surface area contributed by atoms with Crippen LogP contribution in [0.3, 0.4) is 0 Å². The molecule has 1 saturated carbocycles. The predicted molar refractivity (Wildman–Crippen MR) is 82.2 cm³/mol. The number of rotatable bonds is 9. The van der Waals surface area contributed by atoms with Crippen molar-refractivity contribution in [1.29, 1.82) is 0 Å². The van der Waals surface area contributed by atoms with Gasteiger partial charge < -0.3 is 15.7 Å². The van der Waals surface area contributed by atoms with Crippen LogP contribution in [0.1, 0.15) is 65.7 Å². The average molecular weight is 270 g/mol. The van der Waals surface area contributed by atoms with Crippen LogP contribution in [0.5, 0.6) is 0 Å². The lowest BCUT2D eigenvalue weighted by Crippen LogP contribution is -2.38. The van der Waals surface area contributed by atoms with E-state index in [2.05, 4.69) is 18.7 Å². The number of hydrogen-bond donors (Lipinski definition) is 2. The summed E-state index contributed by atoms with van der Waals surface area (Å²) in [6, 6.07) is 0.793. The van der Waals surface area contributed by atoms with Gasteiger partial charge in [0, 0.05) is 12.6 Å². The summed E-state index contributed by atoms with van der Waals surface area (Å²) in [6.45, 7) is 9.14. The summed E-state index contributed by atoms with van der Waals surface area (Å²) in [7, 11) is 0. The number of nitrogens with zero attached hydrogens (tertiary/aromatic N) is 1. The second-order valence-electron chi connectivity index (χ2n) is 6.96. The maximum atomic E-state index is 9.98. The van der Waals surface area contributed by atoms with E-state index in [0.29, 0.717) is 6.54 Å². The fraction of sp³-hybridized carbons (Fsp3) is 1.00. The van der Waals surface area contributed by atoms with Crippen LogP contribution in [0.4, 0.5) is 0 Å². The first-order chi connectivity index (χ1) is 8.94. The fourth-order valence-electron chi connectivity index (χ4n) is 2.94. The summed E-state index contributed by atoms with van der Waals surface area (Å²) in [4.78, 5) is 2.67. The molecule has 1 rings (SSSR count). The van der Waals surface area contributed by atoms with Gasteiger partial charge in [-0.05, 0) is 58.0 Å². The monoisotopic (exact) mass is 270 g/mol. The van der Waals surface area contributed by atoms with E-state index in [-0.39, 0.29) is 0 Å². The molecule has 1 fully saturated rings. The molecular weight excluding hydrogens is 236 g/mol. The molecule has 0 aromatic heterocycles. The van der Waals surface area contributed by atoms with Crippen LogP contribution in [0, 0.1) is 5.92 Å². The lowest BCUT2D eigenvalue weighted by atomic mass is 10.00. The molecule has 0 aliphatic heterocycles. The van der Waals surface area contributed by atoms with Crippen LogP contribution in [0.25, 0.3) is 0 Å². The van der Waals surface area contributed by atoms with E-state index in [1.54, 1.807) is 0 Å². The second kappa shape index (κ2) is 8.23. The van der Waals surface area contributed by atoms with Crippen LogP contribution in [0.15, 0.2) is 0 Å². The minimum Gasteiger partial charge on any atom is -0.389 e. The first kappa shape index (κ1) is 16.9. The Morgan fingerprint density at radius 2 is 1.89 bits per heavy atom. The summed E-state index contributed by atoms with van der Waals surface area (Å²) in [5.74, 6) is 0.774. The van der Waals surface area contributed by atoms with Gasteiger partial charge in [0.15, 0.2) is 0 Å². The first-order valence-corrected chi connectivity index (χ1v) is 8.11. The molecule has 1 aliphatic carbocycles. The molecule has 0 amide bonds. The highest BCUT2D eigenvalue weighted by Crippen LogP contribution is 2.25. The van der Waals surface area contributed by atoms with Gasteiger partial charge in [0.05, 0.1) is 5.60 Å². The molecule has 0 aromatic carbocycles. The zero-order chi connectivity index (χ0) is 14.3. The lowest BCUT2D eigenvalue weighted by Gasteiger charge is -2.31. The fourth-order valence-corrected chi connectivity index (χ4v) is 2.94. The predicted octanol–water partition coefficient (Wildman–Crippen LogP) is 2.77. The van der Waals surface area contributed by atoms with Gasteiger partial charge in [-0.2, -0.15) is 0 Å². The number of aliphatic hydroxyl groups is 1. The molecule has 114 valence electrons. The maximum absolute atomic E-state index is 9.98. The molecule has 0 radical (unpaired) electrons. The van der Waals surface area contributed by atoms with Crippen molar-refractivity contribution >= 4 is 0 Å². The minimum atomic E-state index is -0.681. The molecule has 1 aliphatic rings. The zero-order valence-electron chi connectivity index (χ0n) is 13.2. The second-order valence-corrected chi connectivity index (χ2v) is 6.96. The van der Waals surface area contributed by atoms with Gasteiger partial charge in [-0.1, -0.05) is 26.7 Å². The molecule has 3 heteroatoms. The lowest BCUT2D eigenvalue weighted by molar-refractivity contribution is 0.0520.